The first-order valence-corrected chi connectivity index (χ1v) is 12.7. The van der Waals surface area contributed by atoms with Crippen molar-refractivity contribution in [2.24, 2.45) is 0 Å². The molecular formula is C32H20N2O8. The Labute approximate surface area is 238 Å². The van der Waals surface area contributed by atoms with E-state index in [1.807, 2.05) is 0 Å². The number of esters is 2. The first-order valence-electron chi connectivity index (χ1n) is 12.7. The number of hydrogen-bond donors (Lipinski definition) is 0. The SMILES string of the molecule is COC(=O)c1ccc(N2C(=O)c3ccc(-c4ccc5c(c4)C(=O)N(c4ccc(C(=O)OC)cc4)C5=O)cc3C2=O)cc1. The predicted octanol–water partition coefficient (Wildman–Crippen LogP) is 4.53. The molecule has 0 radical (unpaired) electrons. The van der Waals surface area contributed by atoms with Gasteiger partial charge in [-0.1, -0.05) is 12.1 Å². The normalized spacial score (nSPS) is 13.8. The molecule has 4 amide bonds. The highest BCUT2D eigenvalue weighted by atomic mass is 16.5. The second-order valence-corrected chi connectivity index (χ2v) is 9.49. The Hall–Kier alpha value is -5.90. The molecule has 0 fully saturated rings. The van der Waals surface area contributed by atoms with Crippen LogP contribution in [0.1, 0.15) is 62.1 Å². The van der Waals surface area contributed by atoms with Crippen LogP contribution in [0.25, 0.3) is 11.1 Å². The van der Waals surface area contributed by atoms with E-state index in [2.05, 4.69) is 0 Å². The molecule has 2 aliphatic heterocycles. The molecule has 0 bridgehead atoms. The molecule has 0 aromatic heterocycles. The highest BCUT2D eigenvalue weighted by molar-refractivity contribution is 6.35. The monoisotopic (exact) mass is 560 g/mol. The maximum Gasteiger partial charge on any atom is 0.337 e. The first kappa shape index (κ1) is 26.3. The van der Waals surface area contributed by atoms with E-state index >= 15 is 0 Å². The zero-order valence-corrected chi connectivity index (χ0v) is 22.2. The van der Waals surface area contributed by atoms with Crippen LogP contribution < -0.4 is 9.80 Å². The van der Waals surface area contributed by atoms with Gasteiger partial charge in [-0.05, 0) is 83.9 Å². The van der Waals surface area contributed by atoms with Gasteiger partial charge in [-0.25, -0.2) is 19.4 Å². The number of methoxy groups -OCH3 is 2. The minimum absolute atomic E-state index is 0.185. The van der Waals surface area contributed by atoms with Crippen molar-refractivity contribution in [3.05, 3.63) is 118 Å². The Morgan fingerprint density at radius 1 is 0.476 bits per heavy atom. The number of carbonyl (C=O) groups is 6. The van der Waals surface area contributed by atoms with E-state index in [4.69, 9.17) is 9.47 Å². The summed E-state index contributed by atoms with van der Waals surface area (Å²) in [5.41, 5.74) is 3.11. The van der Waals surface area contributed by atoms with Crippen LogP contribution >= 0.6 is 0 Å². The maximum atomic E-state index is 13.3. The van der Waals surface area contributed by atoms with E-state index in [1.54, 1.807) is 36.4 Å². The summed E-state index contributed by atoms with van der Waals surface area (Å²) in [7, 11) is 2.52. The van der Waals surface area contributed by atoms with Crippen LogP contribution in [0.4, 0.5) is 11.4 Å². The smallest absolute Gasteiger partial charge is 0.337 e. The Morgan fingerprint density at radius 2 is 0.810 bits per heavy atom. The van der Waals surface area contributed by atoms with Gasteiger partial charge >= 0.3 is 11.9 Å². The van der Waals surface area contributed by atoms with Crippen molar-refractivity contribution < 1.29 is 38.2 Å². The highest BCUT2D eigenvalue weighted by Gasteiger charge is 2.39. The van der Waals surface area contributed by atoms with Gasteiger partial charge < -0.3 is 9.47 Å². The van der Waals surface area contributed by atoms with E-state index in [9.17, 15) is 28.8 Å². The molecule has 0 saturated carbocycles. The highest BCUT2D eigenvalue weighted by Crippen LogP contribution is 2.35. The zero-order valence-electron chi connectivity index (χ0n) is 22.2. The lowest BCUT2D eigenvalue weighted by atomic mass is 9.97. The van der Waals surface area contributed by atoms with E-state index in [0.717, 1.165) is 9.80 Å². The maximum absolute atomic E-state index is 13.3. The molecule has 4 aromatic rings. The molecule has 0 aliphatic carbocycles. The minimum atomic E-state index is -0.539. The van der Waals surface area contributed by atoms with Crippen molar-refractivity contribution in [1.29, 1.82) is 0 Å². The van der Waals surface area contributed by atoms with Crippen molar-refractivity contribution in [2.45, 2.75) is 0 Å². The van der Waals surface area contributed by atoms with Crippen LogP contribution in [0.3, 0.4) is 0 Å². The molecule has 0 atom stereocenters. The summed E-state index contributed by atoms with van der Waals surface area (Å²) in [6, 6.07) is 21.4. The van der Waals surface area contributed by atoms with Gasteiger partial charge in [-0.3, -0.25) is 19.2 Å². The number of amides is 4. The predicted molar refractivity (Wildman–Crippen MR) is 150 cm³/mol. The lowest BCUT2D eigenvalue weighted by Crippen LogP contribution is -2.29. The Balaban J connectivity index is 1.29. The number of fused-ring (bicyclic) bond motifs is 2. The quantitative estimate of drug-likeness (QED) is 0.257. The van der Waals surface area contributed by atoms with Gasteiger partial charge in [-0.15, -0.1) is 0 Å². The molecule has 0 saturated heterocycles. The summed E-state index contributed by atoms with van der Waals surface area (Å²) in [5, 5.41) is 0. The third-order valence-electron chi connectivity index (χ3n) is 7.20. The summed E-state index contributed by atoms with van der Waals surface area (Å²) in [5.74, 6) is -3.15. The number of nitrogens with zero attached hydrogens (tertiary/aromatic N) is 2. The average molecular weight is 561 g/mol. The van der Waals surface area contributed by atoms with Gasteiger partial charge in [0.1, 0.15) is 0 Å². The van der Waals surface area contributed by atoms with Crippen molar-refractivity contribution in [3.8, 4) is 11.1 Å². The third kappa shape index (κ3) is 4.05. The fourth-order valence-electron chi connectivity index (χ4n) is 5.04. The molecule has 0 unspecified atom stereocenters. The topological polar surface area (TPSA) is 127 Å². The third-order valence-corrected chi connectivity index (χ3v) is 7.20. The number of rotatable bonds is 5. The number of benzene rings is 4. The fourth-order valence-corrected chi connectivity index (χ4v) is 5.04. The molecule has 10 heteroatoms. The average Bonchev–Trinajstić information content (AvgIpc) is 3.43. The van der Waals surface area contributed by atoms with Crippen molar-refractivity contribution in [2.75, 3.05) is 24.0 Å². The molecule has 2 heterocycles. The number of carbonyl (C=O) groups excluding carboxylic acids is 6. The second kappa shape index (κ2) is 9.93. The Morgan fingerprint density at radius 3 is 1.14 bits per heavy atom. The number of imide groups is 2. The summed E-state index contributed by atoms with van der Waals surface area (Å²) in [6.45, 7) is 0. The van der Waals surface area contributed by atoms with Crippen molar-refractivity contribution in [3.63, 3.8) is 0 Å². The van der Waals surface area contributed by atoms with Crippen LogP contribution in [-0.4, -0.2) is 49.8 Å². The lowest BCUT2D eigenvalue weighted by molar-refractivity contribution is 0.0592. The molecule has 0 spiro atoms. The van der Waals surface area contributed by atoms with Gasteiger partial charge in [-0.2, -0.15) is 0 Å². The molecule has 2 aliphatic rings. The van der Waals surface area contributed by atoms with Gasteiger partial charge in [0.05, 0.1) is 59.0 Å². The van der Waals surface area contributed by atoms with Crippen molar-refractivity contribution >= 4 is 46.9 Å². The largest absolute Gasteiger partial charge is 0.465 e. The lowest BCUT2D eigenvalue weighted by Gasteiger charge is -2.14. The molecule has 6 rings (SSSR count). The molecule has 4 aromatic carbocycles. The number of hydrogen-bond acceptors (Lipinski definition) is 8. The fraction of sp³-hybridized carbons (Fsp3) is 0.0625. The van der Waals surface area contributed by atoms with E-state index < -0.39 is 35.6 Å². The van der Waals surface area contributed by atoms with E-state index in [-0.39, 0.29) is 33.4 Å². The second-order valence-electron chi connectivity index (χ2n) is 9.49. The summed E-state index contributed by atoms with van der Waals surface area (Å²) in [4.78, 5) is 78.4. The van der Waals surface area contributed by atoms with Gasteiger partial charge in [0.2, 0.25) is 0 Å². The summed E-state index contributed by atoms with van der Waals surface area (Å²) in [6.07, 6.45) is 0. The Kier molecular flexibility index (Phi) is 6.23. The van der Waals surface area contributed by atoms with E-state index in [0.29, 0.717) is 22.5 Å². The standard InChI is InChI=1S/C32H20N2O8/c1-41-31(39)17-3-9-21(10-4-17)33-27(35)23-13-7-19(15-25(23)29(33)37)20-8-14-24-26(16-20)30(38)34(28(24)36)22-11-5-18(6-12-22)32(40)42-2/h3-16H,1-2H3. The van der Waals surface area contributed by atoms with Gasteiger partial charge in [0.15, 0.2) is 0 Å². The number of ether oxygens (including phenoxy) is 2. The molecular weight excluding hydrogens is 540 g/mol. The van der Waals surface area contributed by atoms with Crippen LogP contribution in [0.5, 0.6) is 0 Å². The molecule has 0 N–H and O–H groups in total. The minimum Gasteiger partial charge on any atom is -0.465 e. The number of anilines is 2. The van der Waals surface area contributed by atoms with Crippen LogP contribution in [-0.2, 0) is 9.47 Å². The van der Waals surface area contributed by atoms with E-state index in [1.165, 1.54) is 62.8 Å². The summed E-state index contributed by atoms with van der Waals surface area (Å²) >= 11 is 0. The Bertz CT molecular complexity index is 1720. The zero-order chi connectivity index (χ0) is 29.7. The summed E-state index contributed by atoms with van der Waals surface area (Å²) < 4.78 is 9.38. The molecule has 10 nitrogen and oxygen atoms in total. The van der Waals surface area contributed by atoms with Crippen molar-refractivity contribution in [1.82, 2.24) is 0 Å². The molecule has 206 valence electrons. The molecule has 42 heavy (non-hydrogen) atoms. The van der Waals surface area contributed by atoms with Gasteiger partial charge in [0.25, 0.3) is 23.6 Å². The van der Waals surface area contributed by atoms with Gasteiger partial charge in [0, 0.05) is 0 Å². The van der Waals surface area contributed by atoms with Crippen LogP contribution in [0.15, 0.2) is 84.9 Å². The van der Waals surface area contributed by atoms with Crippen LogP contribution in [0, 0.1) is 0 Å². The van der Waals surface area contributed by atoms with Crippen LogP contribution in [0.2, 0.25) is 0 Å². The first-order chi connectivity index (χ1) is 20.2.